The number of unbranched alkanes of at least 4 members (excludes halogenated alkanes) is 1. The molecule has 20 heavy (non-hydrogen) atoms. The largest absolute Gasteiger partial charge is 0.481 e. The van der Waals surface area contributed by atoms with Crippen LogP contribution in [0.5, 0.6) is 0 Å². The summed E-state index contributed by atoms with van der Waals surface area (Å²) in [6, 6.07) is 0. The van der Waals surface area contributed by atoms with Crippen molar-refractivity contribution in [3.8, 4) is 0 Å². The first-order valence-electron chi connectivity index (χ1n) is 7.30. The average Bonchev–Trinajstić information content (AvgIpc) is 2.42. The number of carbonyl (C=O) groups is 1. The van der Waals surface area contributed by atoms with Crippen LogP contribution in [0.25, 0.3) is 0 Å². The molecular formula is C14H29NO5. The van der Waals surface area contributed by atoms with Crippen molar-refractivity contribution >= 4 is 5.97 Å². The zero-order chi connectivity index (χ0) is 15.1. The summed E-state index contributed by atoms with van der Waals surface area (Å²) in [4.78, 5) is 12.3. The van der Waals surface area contributed by atoms with Crippen molar-refractivity contribution in [3.63, 3.8) is 0 Å². The van der Waals surface area contributed by atoms with E-state index in [4.69, 9.17) is 19.3 Å². The van der Waals surface area contributed by atoms with Gasteiger partial charge < -0.3 is 24.2 Å². The standard InChI is InChI=1S/C14H29NO5/c1-3-4-8-18-10-12-20-13-11-19-9-7-15(2)6-5-14(16)17/h3-13H2,1-2H3,(H,16,17). The van der Waals surface area contributed by atoms with Crippen LogP contribution in [0.2, 0.25) is 0 Å². The van der Waals surface area contributed by atoms with E-state index in [1.807, 2.05) is 11.9 Å². The van der Waals surface area contributed by atoms with Gasteiger partial charge in [0, 0.05) is 19.7 Å². The number of nitrogens with zero attached hydrogens (tertiary/aromatic N) is 1. The van der Waals surface area contributed by atoms with Crippen molar-refractivity contribution in [1.29, 1.82) is 0 Å². The maximum atomic E-state index is 10.4. The van der Waals surface area contributed by atoms with E-state index >= 15 is 0 Å². The fourth-order valence-electron chi connectivity index (χ4n) is 1.41. The van der Waals surface area contributed by atoms with Crippen LogP contribution in [0.4, 0.5) is 0 Å². The van der Waals surface area contributed by atoms with Gasteiger partial charge in [-0.1, -0.05) is 13.3 Å². The Balaban J connectivity index is 3.10. The molecule has 0 rings (SSSR count). The van der Waals surface area contributed by atoms with Gasteiger partial charge in [-0.25, -0.2) is 0 Å². The second-order valence-corrected chi connectivity index (χ2v) is 4.64. The van der Waals surface area contributed by atoms with Gasteiger partial charge in [0.25, 0.3) is 0 Å². The first kappa shape index (κ1) is 19.3. The number of carboxylic acids is 1. The summed E-state index contributed by atoms with van der Waals surface area (Å²) in [6.07, 6.45) is 2.41. The maximum Gasteiger partial charge on any atom is 0.304 e. The van der Waals surface area contributed by atoms with Gasteiger partial charge in [0.2, 0.25) is 0 Å². The van der Waals surface area contributed by atoms with E-state index in [0.717, 1.165) is 26.0 Å². The molecule has 1 N–H and O–H groups in total. The van der Waals surface area contributed by atoms with Gasteiger partial charge in [-0.15, -0.1) is 0 Å². The minimum absolute atomic E-state index is 0.164. The summed E-state index contributed by atoms with van der Waals surface area (Å²) in [5, 5.41) is 8.54. The Bertz CT molecular complexity index is 226. The molecule has 6 nitrogen and oxygen atoms in total. The summed E-state index contributed by atoms with van der Waals surface area (Å²) in [5.74, 6) is -0.771. The maximum absolute atomic E-state index is 10.4. The highest BCUT2D eigenvalue weighted by Gasteiger charge is 2.01. The third-order valence-electron chi connectivity index (χ3n) is 2.71. The van der Waals surface area contributed by atoms with E-state index < -0.39 is 5.97 Å². The number of aliphatic carboxylic acids is 1. The zero-order valence-corrected chi connectivity index (χ0v) is 12.8. The predicted molar refractivity (Wildman–Crippen MR) is 77.1 cm³/mol. The van der Waals surface area contributed by atoms with E-state index in [1.54, 1.807) is 0 Å². The number of likely N-dealkylation sites (N-methyl/N-ethyl adjacent to an activating group) is 1. The minimum Gasteiger partial charge on any atom is -0.481 e. The highest BCUT2D eigenvalue weighted by molar-refractivity contribution is 5.66. The Morgan fingerprint density at radius 3 is 2.05 bits per heavy atom. The van der Waals surface area contributed by atoms with E-state index in [1.165, 1.54) is 0 Å². The molecule has 0 aromatic heterocycles. The molecule has 0 saturated heterocycles. The van der Waals surface area contributed by atoms with E-state index in [2.05, 4.69) is 6.92 Å². The van der Waals surface area contributed by atoms with Crippen LogP contribution in [0.15, 0.2) is 0 Å². The quantitative estimate of drug-likeness (QED) is 0.458. The summed E-state index contributed by atoms with van der Waals surface area (Å²) in [6.45, 7) is 7.17. The van der Waals surface area contributed by atoms with Gasteiger partial charge in [-0.3, -0.25) is 4.79 Å². The Labute approximate surface area is 122 Å². The van der Waals surface area contributed by atoms with Crippen LogP contribution in [0.3, 0.4) is 0 Å². The highest BCUT2D eigenvalue weighted by atomic mass is 16.5. The van der Waals surface area contributed by atoms with Crippen LogP contribution in [-0.4, -0.2) is 75.8 Å². The van der Waals surface area contributed by atoms with Crippen molar-refractivity contribution in [1.82, 2.24) is 4.90 Å². The lowest BCUT2D eigenvalue weighted by molar-refractivity contribution is -0.137. The molecule has 0 radical (unpaired) electrons. The molecule has 0 atom stereocenters. The molecule has 0 aromatic carbocycles. The van der Waals surface area contributed by atoms with E-state index in [0.29, 0.717) is 39.6 Å². The zero-order valence-electron chi connectivity index (χ0n) is 12.8. The summed E-state index contributed by atoms with van der Waals surface area (Å²) < 4.78 is 16.1. The Morgan fingerprint density at radius 2 is 1.50 bits per heavy atom. The lowest BCUT2D eigenvalue weighted by Crippen LogP contribution is -2.26. The topological polar surface area (TPSA) is 68.2 Å². The van der Waals surface area contributed by atoms with Crippen molar-refractivity contribution < 1.29 is 24.1 Å². The molecule has 0 fully saturated rings. The van der Waals surface area contributed by atoms with Crippen LogP contribution in [-0.2, 0) is 19.0 Å². The number of rotatable bonds is 15. The van der Waals surface area contributed by atoms with Crippen LogP contribution in [0.1, 0.15) is 26.2 Å². The normalized spacial score (nSPS) is 11.2. The number of carboxylic acid groups (broad SMARTS) is 1. The van der Waals surface area contributed by atoms with Crippen molar-refractivity contribution in [2.75, 3.05) is 59.8 Å². The van der Waals surface area contributed by atoms with Crippen molar-refractivity contribution in [2.24, 2.45) is 0 Å². The molecule has 0 aliphatic rings. The predicted octanol–water partition coefficient (Wildman–Crippen LogP) is 1.24. The van der Waals surface area contributed by atoms with Gasteiger partial charge in [0.05, 0.1) is 39.5 Å². The molecule has 0 aliphatic carbocycles. The second kappa shape index (κ2) is 14.7. The average molecular weight is 291 g/mol. The number of hydrogen-bond acceptors (Lipinski definition) is 5. The Kier molecular flexibility index (Phi) is 14.2. The molecule has 0 heterocycles. The summed E-state index contributed by atoms with van der Waals surface area (Å²) in [7, 11) is 1.89. The summed E-state index contributed by atoms with van der Waals surface area (Å²) >= 11 is 0. The van der Waals surface area contributed by atoms with Crippen molar-refractivity contribution in [3.05, 3.63) is 0 Å². The van der Waals surface area contributed by atoms with Crippen LogP contribution in [0, 0.1) is 0 Å². The first-order chi connectivity index (χ1) is 9.66. The Morgan fingerprint density at radius 1 is 0.950 bits per heavy atom. The smallest absolute Gasteiger partial charge is 0.304 e. The molecule has 0 amide bonds. The molecule has 0 aliphatic heterocycles. The molecule has 0 unspecified atom stereocenters. The number of ether oxygens (including phenoxy) is 3. The van der Waals surface area contributed by atoms with E-state index in [-0.39, 0.29) is 6.42 Å². The monoisotopic (exact) mass is 291 g/mol. The second-order valence-electron chi connectivity index (χ2n) is 4.64. The SMILES string of the molecule is CCCCOCCOCCOCCN(C)CCC(=O)O. The lowest BCUT2D eigenvalue weighted by atomic mass is 10.4. The molecule has 0 saturated carbocycles. The van der Waals surface area contributed by atoms with E-state index in [9.17, 15) is 4.79 Å². The third-order valence-corrected chi connectivity index (χ3v) is 2.71. The lowest BCUT2D eigenvalue weighted by Gasteiger charge is -2.15. The molecule has 0 spiro atoms. The molecule has 120 valence electrons. The fraction of sp³-hybridized carbons (Fsp3) is 0.929. The van der Waals surface area contributed by atoms with Crippen LogP contribution >= 0.6 is 0 Å². The van der Waals surface area contributed by atoms with Gasteiger partial charge in [0.15, 0.2) is 0 Å². The fourth-order valence-corrected chi connectivity index (χ4v) is 1.41. The van der Waals surface area contributed by atoms with Crippen molar-refractivity contribution in [2.45, 2.75) is 26.2 Å². The van der Waals surface area contributed by atoms with Gasteiger partial charge in [-0.2, -0.15) is 0 Å². The number of hydrogen-bond donors (Lipinski definition) is 1. The highest BCUT2D eigenvalue weighted by Crippen LogP contribution is 1.89. The molecule has 0 aromatic rings. The van der Waals surface area contributed by atoms with Gasteiger partial charge in [0.1, 0.15) is 0 Å². The molecule has 0 bridgehead atoms. The third kappa shape index (κ3) is 15.4. The Hall–Kier alpha value is -0.690. The summed E-state index contributed by atoms with van der Waals surface area (Å²) in [5.41, 5.74) is 0. The first-order valence-corrected chi connectivity index (χ1v) is 7.30. The van der Waals surface area contributed by atoms with Gasteiger partial charge in [-0.05, 0) is 13.5 Å². The van der Waals surface area contributed by atoms with Gasteiger partial charge >= 0.3 is 5.97 Å². The molecule has 6 heteroatoms. The molecular weight excluding hydrogens is 262 g/mol. The minimum atomic E-state index is -0.771. The van der Waals surface area contributed by atoms with Crippen LogP contribution < -0.4 is 0 Å².